The maximum atomic E-state index is 12.6. The minimum atomic E-state index is -0.179. The highest BCUT2D eigenvalue weighted by Crippen LogP contribution is 2.29. The number of carbonyl (C=O) groups excluding carboxylic acids is 1. The second-order valence-electron chi connectivity index (χ2n) is 6.32. The topological polar surface area (TPSA) is 47.6 Å². The predicted octanol–water partition coefficient (Wildman–Crippen LogP) is 5.56. The van der Waals surface area contributed by atoms with Crippen LogP contribution in [0, 0.1) is 6.92 Å². The Bertz CT molecular complexity index is 937. The van der Waals surface area contributed by atoms with E-state index in [4.69, 9.17) is 9.47 Å². The smallest absolute Gasteiger partial charge is 0.255 e. The van der Waals surface area contributed by atoms with Crippen molar-refractivity contribution in [3.63, 3.8) is 0 Å². The molecule has 1 amide bonds. The summed E-state index contributed by atoms with van der Waals surface area (Å²) >= 11 is 1.78. The van der Waals surface area contributed by atoms with Gasteiger partial charge in [-0.25, -0.2) is 0 Å². The fourth-order valence-corrected chi connectivity index (χ4v) is 3.50. The predicted molar refractivity (Wildman–Crippen MR) is 115 cm³/mol. The van der Waals surface area contributed by atoms with E-state index in [2.05, 4.69) is 36.5 Å². The van der Waals surface area contributed by atoms with Gasteiger partial charge in [0, 0.05) is 22.3 Å². The molecule has 0 spiro atoms. The summed E-state index contributed by atoms with van der Waals surface area (Å²) in [4.78, 5) is 13.8. The molecule has 3 rings (SSSR count). The zero-order valence-corrected chi connectivity index (χ0v) is 17.0. The molecule has 144 valence electrons. The van der Waals surface area contributed by atoms with Crippen LogP contribution in [-0.4, -0.2) is 20.1 Å². The number of hydrogen-bond donors (Lipinski definition) is 1. The highest BCUT2D eigenvalue weighted by molar-refractivity contribution is 7.98. The van der Waals surface area contributed by atoms with Gasteiger partial charge in [-0.3, -0.25) is 4.79 Å². The summed E-state index contributed by atoms with van der Waals surface area (Å²) in [5, 5.41) is 2.89. The van der Waals surface area contributed by atoms with E-state index in [1.54, 1.807) is 44.2 Å². The van der Waals surface area contributed by atoms with Gasteiger partial charge >= 0.3 is 0 Å². The molecule has 0 unspecified atom stereocenters. The molecule has 0 saturated heterocycles. The van der Waals surface area contributed by atoms with Gasteiger partial charge in [0.25, 0.3) is 5.91 Å². The van der Waals surface area contributed by atoms with E-state index in [0.29, 0.717) is 22.7 Å². The number of anilines is 1. The maximum absolute atomic E-state index is 12.6. The van der Waals surface area contributed by atoms with Crippen LogP contribution in [0.25, 0.3) is 0 Å². The number of hydrogen-bond acceptors (Lipinski definition) is 4. The minimum Gasteiger partial charge on any atom is -0.497 e. The molecule has 28 heavy (non-hydrogen) atoms. The molecular weight excluding hydrogens is 370 g/mol. The summed E-state index contributed by atoms with van der Waals surface area (Å²) in [6.45, 7) is 2.08. The van der Waals surface area contributed by atoms with Crippen LogP contribution in [0.4, 0.5) is 5.69 Å². The Morgan fingerprint density at radius 2 is 1.64 bits per heavy atom. The molecule has 3 aromatic carbocycles. The second kappa shape index (κ2) is 9.33. The zero-order valence-electron chi connectivity index (χ0n) is 16.2. The molecule has 4 nitrogen and oxygen atoms in total. The fourth-order valence-electron chi connectivity index (χ4n) is 2.65. The van der Waals surface area contributed by atoms with Crippen molar-refractivity contribution in [2.75, 3.05) is 19.5 Å². The molecule has 0 radical (unpaired) electrons. The number of carbonyl (C=O) groups is 1. The average molecular weight is 394 g/mol. The molecule has 3 aromatic rings. The molecule has 0 saturated carbocycles. The Balaban J connectivity index is 1.62. The third-order valence-corrected chi connectivity index (χ3v) is 5.38. The third-order valence-electron chi connectivity index (χ3n) is 4.30. The van der Waals surface area contributed by atoms with Gasteiger partial charge in [0.15, 0.2) is 0 Å². The van der Waals surface area contributed by atoms with E-state index in [1.165, 1.54) is 16.0 Å². The van der Waals surface area contributed by atoms with Crippen LogP contribution < -0.4 is 14.8 Å². The van der Waals surface area contributed by atoms with E-state index < -0.39 is 0 Å². The summed E-state index contributed by atoms with van der Waals surface area (Å²) < 4.78 is 10.5. The molecule has 1 N–H and O–H groups in total. The van der Waals surface area contributed by atoms with E-state index in [9.17, 15) is 4.79 Å². The van der Waals surface area contributed by atoms with Crippen molar-refractivity contribution in [3.8, 4) is 11.5 Å². The van der Waals surface area contributed by atoms with Crippen LogP contribution in [0.3, 0.4) is 0 Å². The van der Waals surface area contributed by atoms with Crippen molar-refractivity contribution in [1.82, 2.24) is 0 Å². The van der Waals surface area contributed by atoms with Crippen LogP contribution in [0.2, 0.25) is 0 Å². The van der Waals surface area contributed by atoms with Crippen LogP contribution in [-0.2, 0) is 5.75 Å². The Morgan fingerprint density at radius 1 is 0.929 bits per heavy atom. The van der Waals surface area contributed by atoms with Crippen molar-refractivity contribution in [2.45, 2.75) is 17.6 Å². The first kappa shape index (κ1) is 19.8. The molecule has 5 heteroatoms. The van der Waals surface area contributed by atoms with Crippen molar-refractivity contribution < 1.29 is 14.3 Å². The van der Waals surface area contributed by atoms with E-state index in [-0.39, 0.29) is 5.91 Å². The quantitative estimate of drug-likeness (QED) is 0.534. The van der Waals surface area contributed by atoms with Crippen molar-refractivity contribution >= 4 is 23.4 Å². The number of rotatable bonds is 7. The number of nitrogens with one attached hydrogen (secondary N) is 1. The van der Waals surface area contributed by atoms with Crippen molar-refractivity contribution in [2.24, 2.45) is 0 Å². The Morgan fingerprint density at radius 3 is 2.29 bits per heavy atom. The first-order chi connectivity index (χ1) is 13.6. The fraction of sp³-hybridized carbons (Fsp3) is 0.174. The van der Waals surface area contributed by atoms with E-state index in [1.807, 2.05) is 24.3 Å². The van der Waals surface area contributed by atoms with Crippen molar-refractivity contribution in [1.29, 1.82) is 0 Å². The highest BCUT2D eigenvalue weighted by Gasteiger charge is 2.11. The minimum absolute atomic E-state index is 0.179. The lowest BCUT2D eigenvalue weighted by molar-refractivity contribution is 0.102. The molecule has 0 aliphatic heterocycles. The molecule has 0 fully saturated rings. The number of methoxy groups -OCH3 is 2. The van der Waals surface area contributed by atoms with Gasteiger partial charge in [-0.15, -0.1) is 11.8 Å². The zero-order chi connectivity index (χ0) is 19.9. The van der Waals surface area contributed by atoms with Gasteiger partial charge in [-0.1, -0.05) is 29.8 Å². The Labute approximate surface area is 169 Å². The maximum Gasteiger partial charge on any atom is 0.255 e. The summed E-state index contributed by atoms with van der Waals surface area (Å²) in [6, 6.07) is 21.4. The molecular formula is C23H23NO3S. The first-order valence-corrected chi connectivity index (χ1v) is 9.89. The molecule has 0 aromatic heterocycles. The summed E-state index contributed by atoms with van der Waals surface area (Å²) in [5.74, 6) is 1.90. The molecule has 0 aliphatic rings. The van der Waals surface area contributed by atoms with Crippen molar-refractivity contribution in [3.05, 3.63) is 83.4 Å². The van der Waals surface area contributed by atoms with Crippen LogP contribution in [0.5, 0.6) is 11.5 Å². The number of amides is 1. The van der Waals surface area contributed by atoms with Gasteiger partial charge in [0.05, 0.1) is 19.9 Å². The number of thioether (sulfide) groups is 1. The summed E-state index contributed by atoms with van der Waals surface area (Å²) in [5.41, 5.74) is 3.63. The van der Waals surface area contributed by atoms with Crippen LogP contribution >= 0.6 is 11.8 Å². The number of benzene rings is 3. The van der Waals surface area contributed by atoms with Gasteiger partial charge in [0.2, 0.25) is 0 Å². The largest absolute Gasteiger partial charge is 0.497 e. The van der Waals surface area contributed by atoms with E-state index >= 15 is 0 Å². The highest BCUT2D eigenvalue weighted by atomic mass is 32.2. The normalized spacial score (nSPS) is 10.4. The second-order valence-corrected chi connectivity index (χ2v) is 7.37. The van der Waals surface area contributed by atoms with Gasteiger partial charge in [-0.05, 0) is 48.9 Å². The average Bonchev–Trinajstić information content (AvgIpc) is 2.74. The summed E-state index contributed by atoms with van der Waals surface area (Å²) in [6.07, 6.45) is 0. The molecule has 0 aliphatic carbocycles. The molecule has 0 heterocycles. The monoisotopic (exact) mass is 393 g/mol. The SMILES string of the molecule is COc1ccc(NC(=O)c2ccc(CSc3ccc(C)cc3)cc2)c(OC)c1. The molecule has 0 atom stereocenters. The third kappa shape index (κ3) is 5.08. The van der Waals surface area contributed by atoms with Crippen LogP contribution in [0.15, 0.2) is 71.6 Å². The first-order valence-electron chi connectivity index (χ1n) is 8.91. The summed E-state index contributed by atoms with van der Waals surface area (Å²) in [7, 11) is 3.15. The Kier molecular flexibility index (Phi) is 6.61. The van der Waals surface area contributed by atoms with Crippen LogP contribution in [0.1, 0.15) is 21.5 Å². The van der Waals surface area contributed by atoms with Gasteiger partial charge in [-0.2, -0.15) is 0 Å². The lowest BCUT2D eigenvalue weighted by atomic mass is 10.1. The standard InChI is InChI=1S/C23H23NO3S/c1-16-4-11-20(12-5-16)28-15-17-6-8-18(9-7-17)23(25)24-21-13-10-19(26-2)14-22(21)27-3/h4-14H,15H2,1-3H3,(H,24,25). The Hall–Kier alpha value is -2.92. The van der Waals surface area contributed by atoms with E-state index in [0.717, 1.165) is 5.75 Å². The van der Waals surface area contributed by atoms with Gasteiger partial charge in [0.1, 0.15) is 11.5 Å². The lowest BCUT2D eigenvalue weighted by Gasteiger charge is -2.12. The van der Waals surface area contributed by atoms with Gasteiger partial charge < -0.3 is 14.8 Å². The number of ether oxygens (including phenoxy) is 2. The number of aryl methyl sites for hydroxylation is 1. The lowest BCUT2D eigenvalue weighted by Crippen LogP contribution is -2.12. The molecule has 0 bridgehead atoms.